The average molecular weight is 293 g/mol. The van der Waals surface area contributed by atoms with Gasteiger partial charge in [0.2, 0.25) is 5.95 Å². The molecule has 2 aromatic carbocycles. The zero-order chi connectivity index (χ0) is 15.5. The molecule has 0 saturated carbocycles. The summed E-state index contributed by atoms with van der Waals surface area (Å²) < 4.78 is 0. The highest BCUT2D eigenvalue weighted by molar-refractivity contribution is 5.92. The third-order valence-corrected chi connectivity index (χ3v) is 3.59. The third-order valence-electron chi connectivity index (χ3n) is 3.59. The fourth-order valence-corrected chi connectivity index (χ4v) is 2.36. The van der Waals surface area contributed by atoms with Gasteiger partial charge >= 0.3 is 0 Å². The van der Waals surface area contributed by atoms with Gasteiger partial charge in [-0.2, -0.15) is 4.98 Å². The molecular formula is C17H19N5. The van der Waals surface area contributed by atoms with E-state index in [0.717, 1.165) is 33.5 Å². The van der Waals surface area contributed by atoms with Crippen molar-refractivity contribution in [3.8, 4) is 0 Å². The number of aryl methyl sites for hydroxylation is 1. The Labute approximate surface area is 129 Å². The number of anilines is 3. The zero-order valence-electron chi connectivity index (χ0n) is 12.7. The Balaban J connectivity index is 1.95. The van der Waals surface area contributed by atoms with Crippen molar-refractivity contribution in [3.63, 3.8) is 0 Å². The van der Waals surface area contributed by atoms with E-state index in [2.05, 4.69) is 33.6 Å². The van der Waals surface area contributed by atoms with Gasteiger partial charge < -0.3 is 16.4 Å². The molecule has 0 bridgehead atoms. The van der Waals surface area contributed by atoms with E-state index in [1.54, 1.807) is 0 Å². The summed E-state index contributed by atoms with van der Waals surface area (Å²) in [4.78, 5) is 9.08. The summed E-state index contributed by atoms with van der Waals surface area (Å²) in [5.41, 5.74) is 9.73. The smallest absolute Gasteiger partial charge is 0.224 e. The molecule has 0 amide bonds. The first-order chi connectivity index (χ1) is 10.7. The lowest BCUT2D eigenvalue weighted by molar-refractivity contribution is 1.10. The van der Waals surface area contributed by atoms with Crippen LogP contribution in [0, 0.1) is 6.92 Å². The lowest BCUT2D eigenvalue weighted by Gasteiger charge is -2.12. The van der Waals surface area contributed by atoms with E-state index in [1.165, 1.54) is 0 Å². The molecule has 0 fully saturated rings. The highest BCUT2D eigenvalue weighted by Crippen LogP contribution is 2.24. The highest BCUT2D eigenvalue weighted by Gasteiger charge is 2.08. The molecule has 3 aromatic rings. The van der Waals surface area contributed by atoms with Gasteiger partial charge in [-0.15, -0.1) is 0 Å². The highest BCUT2D eigenvalue weighted by atomic mass is 15.1. The van der Waals surface area contributed by atoms with Gasteiger partial charge in [-0.1, -0.05) is 24.3 Å². The van der Waals surface area contributed by atoms with Crippen molar-refractivity contribution in [3.05, 3.63) is 53.6 Å². The van der Waals surface area contributed by atoms with Crippen molar-refractivity contribution in [2.24, 2.45) is 0 Å². The number of rotatable bonds is 4. The molecule has 0 spiro atoms. The predicted octanol–water partition coefficient (Wildman–Crippen LogP) is 3.17. The largest absolute Gasteiger partial charge is 0.399 e. The predicted molar refractivity (Wildman–Crippen MR) is 92.0 cm³/mol. The minimum atomic E-state index is 0.613. The van der Waals surface area contributed by atoms with E-state index in [4.69, 9.17) is 5.73 Å². The second-order valence-electron chi connectivity index (χ2n) is 5.21. The molecule has 112 valence electrons. The van der Waals surface area contributed by atoms with Crippen LogP contribution >= 0.6 is 0 Å². The Hall–Kier alpha value is -2.82. The quantitative estimate of drug-likeness (QED) is 0.644. The molecule has 4 N–H and O–H groups in total. The normalized spacial score (nSPS) is 10.6. The molecule has 0 radical (unpaired) electrons. The third kappa shape index (κ3) is 2.79. The number of nitrogen functional groups attached to an aromatic ring is 1. The molecule has 1 aromatic heterocycles. The number of fused-ring (bicyclic) bond motifs is 1. The fraction of sp³-hybridized carbons (Fsp3) is 0.176. The number of para-hydroxylation sites is 1. The summed E-state index contributed by atoms with van der Waals surface area (Å²) in [7, 11) is 1.82. The molecule has 0 aliphatic rings. The molecule has 0 saturated heterocycles. The number of nitrogens with zero attached hydrogens (tertiary/aromatic N) is 2. The standard InChI is InChI=1S/C17H19N5/c1-11-4-3-5-14-15(11)21-17(19-2)22-16(14)20-10-12-6-8-13(18)9-7-12/h3-9H,10,18H2,1-2H3,(H2,19,20,21,22). The van der Waals surface area contributed by atoms with E-state index >= 15 is 0 Å². The maximum absolute atomic E-state index is 5.71. The summed E-state index contributed by atoms with van der Waals surface area (Å²) in [6.07, 6.45) is 0. The van der Waals surface area contributed by atoms with Crippen LogP contribution in [0.4, 0.5) is 17.5 Å². The minimum absolute atomic E-state index is 0.613. The molecule has 0 unspecified atom stereocenters. The van der Waals surface area contributed by atoms with Gasteiger partial charge in [0.25, 0.3) is 0 Å². The van der Waals surface area contributed by atoms with Gasteiger partial charge in [-0.05, 0) is 36.2 Å². The summed E-state index contributed by atoms with van der Waals surface area (Å²) in [5, 5.41) is 7.43. The van der Waals surface area contributed by atoms with Gasteiger partial charge in [0.05, 0.1) is 5.52 Å². The number of benzene rings is 2. The van der Waals surface area contributed by atoms with Gasteiger partial charge in [0, 0.05) is 24.7 Å². The molecule has 5 heteroatoms. The molecular weight excluding hydrogens is 274 g/mol. The first kappa shape index (κ1) is 14.1. The van der Waals surface area contributed by atoms with Gasteiger partial charge in [-0.3, -0.25) is 0 Å². The van der Waals surface area contributed by atoms with Crippen molar-refractivity contribution in [2.75, 3.05) is 23.4 Å². The van der Waals surface area contributed by atoms with E-state index in [0.29, 0.717) is 12.5 Å². The monoisotopic (exact) mass is 293 g/mol. The molecule has 0 aliphatic carbocycles. The fourth-order valence-electron chi connectivity index (χ4n) is 2.36. The molecule has 3 rings (SSSR count). The summed E-state index contributed by atoms with van der Waals surface area (Å²) in [5.74, 6) is 1.44. The Morgan fingerprint density at radius 3 is 2.55 bits per heavy atom. The maximum atomic E-state index is 5.71. The topological polar surface area (TPSA) is 75.9 Å². The first-order valence-electron chi connectivity index (χ1n) is 7.21. The van der Waals surface area contributed by atoms with Crippen LogP contribution in [-0.2, 0) is 6.54 Å². The van der Waals surface area contributed by atoms with Gasteiger partial charge in [-0.25, -0.2) is 4.98 Å². The molecule has 22 heavy (non-hydrogen) atoms. The second-order valence-corrected chi connectivity index (χ2v) is 5.21. The van der Waals surface area contributed by atoms with Crippen LogP contribution < -0.4 is 16.4 Å². The molecule has 0 aliphatic heterocycles. The Bertz CT molecular complexity index is 796. The van der Waals surface area contributed by atoms with Crippen molar-refractivity contribution in [1.82, 2.24) is 9.97 Å². The minimum Gasteiger partial charge on any atom is -0.399 e. The van der Waals surface area contributed by atoms with Crippen molar-refractivity contribution in [1.29, 1.82) is 0 Å². The number of hydrogen-bond donors (Lipinski definition) is 3. The van der Waals surface area contributed by atoms with Crippen LogP contribution in [-0.4, -0.2) is 17.0 Å². The summed E-state index contributed by atoms with van der Waals surface area (Å²) >= 11 is 0. The second kappa shape index (κ2) is 5.89. The van der Waals surface area contributed by atoms with Crippen LogP contribution in [0.1, 0.15) is 11.1 Å². The number of nitrogens with two attached hydrogens (primary N) is 1. The Morgan fingerprint density at radius 2 is 1.82 bits per heavy atom. The van der Waals surface area contributed by atoms with Crippen LogP contribution in [0.25, 0.3) is 10.9 Å². The maximum Gasteiger partial charge on any atom is 0.224 e. The number of hydrogen-bond acceptors (Lipinski definition) is 5. The summed E-state index contributed by atoms with van der Waals surface area (Å²) in [6, 6.07) is 13.9. The van der Waals surface area contributed by atoms with E-state index in [1.807, 2.05) is 43.4 Å². The lowest BCUT2D eigenvalue weighted by Crippen LogP contribution is -2.06. The van der Waals surface area contributed by atoms with E-state index < -0.39 is 0 Å². The number of nitrogens with one attached hydrogen (secondary N) is 2. The van der Waals surface area contributed by atoms with Crippen LogP contribution in [0.2, 0.25) is 0 Å². The first-order valence-corrected chi connectivity index (χ1v) is 7.21. The summed E-state index contributed by atoms with van der Waals surface area (Å²) in [6.45, 7) is 2.74. The van der Waals surface area contributed by atoms with Crippen molar-refractivity contribution < 1.29 is 0 Å². The zero-order valence-corrected chi connectivity index (χ0v) is 12.7. The van der Waals surface area contributed by atoms with E-state index in [9.17, 15) is 0 Å². The Kier molecular flexibility index (Phi) is 3.78. The molecule has 5 nitrogen and oxygen atoms in total. The number of aromatic nitrogens is 2. The lowest BCUT2D eigenvalue weighted by atomic mass is 10.1. The van der Waals surface area contributed by atoms with Crippen LogP contribution in [0.5, 0.6) is 0 Å². The van der Waals surface area contributed by atoms with Crippen LogP contribution in [0.15, 0.2) is 42.5 Å². The Morgan fingerprint density at radius 1 is 1.05 bits per heavy atom. The average Bonchev–Trinajstić information content (AvgIpc) is 2.54. The van der Waals surface area contributed by atoms with E-state index in [-0.39, 0.29) is 0 Å². The molecule has 0 atom stereocenters. The van der Waals surface area contributed by atoms with Gasteiger partial charge in [0.1, 0.15) is 5.82 Å². The van der Waals surface area contributed by atoms with Gasteiger partial charge in [0.15, 0.2) is 0 Å². The SMILES string of the molecule is CNc1nc(NCc2ccc(N)cc2)c2cccc(C)c2n1. The van der Waals surface area contributed by atoms with Crippen molar-refractivity contribution >= 4 is 28.4 Å². The van der Waals surface area contributed by atoms with Crippen LogP contribution in [0.3, 0.4) is 0 Å². The molecule has 1 heterocycles. The van der Waals surface area contributed by atoms with Crippen molar-refractivity contribution in [2.45, 2.75) is 13.5 Å².